The van der Waals surface area contributed by atoms with Gasteiger partial charge in [-0.3, -0.25) is 9.59 Å². The van der Waals surface area contributed by atoms with Crippen LogP contribution in [0.15, 0.2) is 10.9 Å². The minimum atomic E-state index is 0.0479. The number of likely N-dealkylation sites (tertiary alicyclic amines) is 2. The first kappa shape index (κ1) is 15.8. The molecule has 24 heavy (non-hydrogen) atoms. The van der Waals surface area contributed by atoms with Gasteiger partial charge in [-0.1, -0.05) is 0 Å². The molecule has 2 aliphatic heterocycles. The van der Waals surface area contributed by atoms with E-state index in [-0.39, 0.29) is 11.5 Å². The van der Waals surface area contributed by atoms with Crippen molar-refractivity contribution >= 4 is 5.91 Å². The van der Waals surface area contributed by atoms with Crippen LogP contribution in [0.2, 0.25) is 0 Å². The lowest BCUT2D eigenvalue weighted by Gasteiger charge is -2.44. The number of hydrogen-bond donors (Lipinski definition) is 0. The van der Waals surface area contributed by atoms with Crippen molar-refractivity contribution in [3.05, 3.63) is 27.7 Å². The average Bonchev–Trinajstić information content (AvgIpc) is 2.96. The highest BCUT2D eigenvalue weighted by Crippen LogP contribution is 2.23. The molecule has 2 saturated heterocycles. The van der Waals surface area contributed by atoms with Gasteiger partial charge < -0.3 is 9.80 Å². The van der Waals surface area contributed by atoms with Crippen LogP contribution in [-0.2, 0) is 24.2 Å². The summed E-state index contributed by atoms with van der Waals surface area (Å²) >= 11 is 0. The summed E-state index contributed by atoms with van der Waals surface area (Å²) in [7, 11) is 1.93. The molecule has 130 valence electrons. The Balaban J connectivity index is 1.31. The van der Waals surface area contributed by atoms with Gasteiger partial charge in [0.15, 0.2) is 0 Å². The van der Waals surface area contributed by atoms with Crippen molar-refractivity contribution in [2.45, 2.75) is 51.1 Å². The first-order valence-electron chi connectivity index (χ1n) is 9.18. The summed E-state index contributed by atoms with van der Waals surface area (Å²) < 4.78 is 1.67. The number of carbonyl (C=O) groups is 1. The fourth-order valence-corrected chi connectivity index (χ4v) is 4.33. The Morgan fingerprint density at radius 3 is 2.79 bits per heavy atom. The van der Waals surface area contributed by atoms with Gasteiger partial charge in [-0.15, -0.1) is 0 Å². The number of piperidine rings is 1. The van der Waals surface area contributed by atoms with E-state index in [1.54, 1.807) is 10.7 Å². The van der Waals surface area contributed by atoms with E-state index in [9.17, 15) is 9.59 Å². The maximum atomic E-state index is 12.2. The van der Waals surface area contributed by atoms with Gasteiger partial charge in [0.25, 0.3) is 5.56 Å². The van der Waals surface area contributed by atoms with Crippen LogP contribution in [0, 0.1) is 5.92 Å². The van der Waals surface area contributed by atoms with Gasteiger partial charge in [-0.05, 0) is 37.7 Å². The van der Waals surface area contributed by atoms with Crippen LogP contribution in [0.4, 0.5) is 0 Å². The molecule has 4 rings (SSSR count). The molecule has 1 aliphatic carbocycles. The third-order valence-electron chi connectivity index (χ3n) is 5.83. The van der Waals surface area contributed by atoms with E-state index < -0.39 is 0 Å². The largest absolute Gasteiger partial charge is 0.341 e. The molecule has 0 radical (unpaired) electrons. The number of amides is 1. The minimum absolute atomic E-state index is 0.0479. The van der Waals surface area contributed by atoms with Crippen LogP contribution in [0.1, 0.15) is 36.9 Å². The molecule has 6 heteroatoms. The number of likely N-dealkylation sites (N-methyl/N-ethyl adjacent to an activating group) is 1. The van der Waals surface area contributed by atoms with E-state index in [0.29, 0.717) is 18.4 Å². The number of rotatable bonds is 4. The van der Waals surface area contributed by atoms with Crippen molar-refractivity contribution in [1.29, 1.82) is 0 Å². The van der Waals surface area contributed by atoms with Gasteiger partial charge in [0.05, 0.1) is 12.2 Å². The molecule has 1 aromatic rings. The molecule has 6 nitrogen and oxygen atoms in total. The summed E-state index contributed by atoms with van der Waals surface area (Å²) in [6, 6.07) is 2.14. The summed E-state index contributed by atoms with van der Waals surface area (Å²) in [5.41, 5.74) is 2.32. The number of aryl methyl sites for hydroxylation is 2. The third-order valence-corrected chi connectivity index (χ3v) is 5.83. The fraction of sp³-hybridized carbons (Fsp3) is 0.722. The van der Waals surface area contributed by atoms with E-state index >= 15 is 0 Å². The van der Waals surface area contributed by atoms with Gasteiger partial charge in [-0.2, -0.15) is 5.10 Å². The van der Waals surface area contributed by atoms with Crippen molar-refractivity contribution < 1.29 is 4.79 Å². The van der Waals surface area contributed by atoms with Crippen molar-refractivity contribution in [2.75, 3.05) is 26.7 Å². The summed E-state index contributed by atoms with van der Waals surface area (Å²) in [6.07, 6.45) is 5.95. The van der Waals surface area contributed by atoms with Gasteiger partial charge in [0.1, 0.15) is 0 Å². The van der Waals surface area contributed by atoms with Crippen LogP contribution in [0.3, 0.4) is 0 Å². The molecule has 1 aromatic heterocycles. The highest BCUT2D eigenvalue weighted by atomic mass is 16.2. The van der Waals surface area contributed by atoms with Crippen LogP contribution in [0.5, 0.6) is 0 Å². The number of aromatic nitrogens is 2. The number of hydrogen-bond acceptors (Lipinski definition) is 4. The third kappa shape index (κ3) is 2.99. The lowest BCUT2D eigenvalue weighted by atomic mass is 9.96. The summed E-state index contributed by atoms with van der Waals surface area (Å²) in [5, 5.41) is 4.57. The predicted molar refractivity (Wildman–Crippen MR) is 90.9 cm³/mol. The monoisotopic (exact) mass is 330 g/mol. The van der Waals surface area contributed by atoms with Crippen molar-refractivity contribution in [2.24, 2.45) is 5.92 Å². The Bertz CT molecular complexity index is 693. The second-order valence-electron chi connectivity index (χ2n) is 7.63. The zero-order valence-electron chi connectivity index (χ0n) is 14.4. The molecular formula is C18H26N4O2. The second kappa shape index (κ2) is 6.31. The van der Waals surface area contributed by atoms with E-state index in [2.05, 4.69) is 10.00 Å². The van der Waals surface area contributed by atoms with Crippen molar-refractivity contribution in [1.82, 2.24) is 19.6 Å². The molecule has 1 amide bonds. The highest BCUT2D eigenvalue weighted by molar-refractivity contribution is 5.76. The lowest BCUT2D eigenvalue weighted by Crippen LogP contribution is -2.55. The Labute approximate surface area is 142 Å². The highest BCUT2D eigenvalue weighted by Gasteiger charge is 2.33. The van der Waals surface area contributed by atoms with Gasteiger partial charge >= 0.3 is 0 Å². The molecule has 0 aromatic carbocycles. The Morgan fingerprint density at radius 1 is 1.12 bits per heavy atom. The topological polar surface area (TPSA) is 58.4 Å². The SMILES string of the molecule is CN1C(=O)CCCC1CN1CC(Cn2nc3c(cc2=O)CCC3)C1. The summed E-state index contributed by atoms with van der Waals surface area (Å²) in [6.45, 7) is 3.70. The molecule has 0 spiro atoms. The van der Waals surface area contributed by atoms with E-state index in [4.69, 9.17) is 0 Å². The van der Waals surface area contributed by atoms with Gasteiger partial charge in [0, 0.05) is 51.1 Å². The first-order valence-corrected chi connectivity index (χ1v) is 9.18. The van der Waals surface area contributed by atoms with E-state index in [1.165, 1.54) is 0 Å². The molecule has 0 bridgehead atoms. The fourth-order valence-electron chi connectivity index (χ4n) is 4.33. The molecule has 2 fully saturated rings. The summed E-state index contributed by atoms with van der Waals surface area (Å²) in [4.78, 5) is 28.3. The number of carbonyl (C=O) groups excluding carboxylic acids is 1. The molecule has 0 N–H and O–H groups in total. The predicted octanol–water partition coefficient (Wildman–Crippen LogP) is 0.675. The van der Waals surface area contributed by atoms with Gasteiger partial charge in [-0.25, -0.2) is 4.68 Å². The second-order valence-corrected chi connectivity index (χ2v) is 7.63. The average molecular weight is 330 g/mol. The normalized spacial score (nSPS) is 25.0. The first-order chi connectivity index (χ1) is 11.6. The molecular weight excluding hydrogens is 304 g/mol. The molecule has 3 heterocycles. The molecule has 0 saturated carbocycles. The van der Waals surface area contributed by atoms with Crippen molar-refractivity contribution in [3.63, 3.8) is 0 Å². The standard InChI is InChI=1S/C18H26N4O2/c1-20-15(5-3-7-17(20)23)12-21-9-13(10-21)11-22-18(24)8-14-4-2-6-16(14)19-22/h8,13,15H,2-7,9-12H2,1H3. The Morgan fingerprint density at radius 2 is 1.96 bits per heavy atom. The maximum Gasteiger partial charge on any atom is 0.267 e. The Hall–Kier alpha value is -1.69. The van der Waals surface area contributed by atoms with E-state index in [1.807, 2.05) is 11.9 Å². The minimum Gasteiger partial charge on any atom is -0.341 e. The zero-order chi connectivity index (χ0) is 16.7. The lowest BCUT2D eigenvalue weighted by molar-refractivity contribution is -0.135. The van der Waals surface area contributed by atoms with Crippen LogP contribution >= 0.6 is 0 Å². The molecule has 1 atom stereocenters. The van der Waals surface area contributed by atoms with Crippen LogP contribution < -0.4 is 5.56 Å². The zero-order valence-corrected chi connectivity index (χ0v) is 14.4. The smallest absolute Gasteiger partial charge is 0.267 e. The maximum absolute atomic E-state index is 12.2. The van der Waals surface area contributed by atoms with Crippen molar-refractivity contribution in [3.8, 4) is 0 Å². The van der Waals surface area contributed by atoms with Crippen LogP contribution in [0.25, 0.3) is 0 Å². The summed E-state index contributed by atoms with van der Waals surface area (Å²) in [5.74, 6) is 0.775. The Kier molecular flexibility index (Phi) is 4.16. The number of nitrogens with zero attached hydrogens (tertiary/aromatic N) is 4. The molecule has 1 unspecified atom stereocenters. The number of fused-ring (bicyclic) bond motifs is 1. The van der Waals surface area contributed by atoms with Crippen LogP contribution in [-0.4, -0.2) is 58.2 Å². The van der Waals surface area contributed by atoms with E-state index in [0.717, 1.165) is 69.5 Å². The molecule has 3 aliphatic rings. The quantitative estimate of drug-likeness (QED) is 0.814. The van der Waals surface area contributed by atoms with Gasteiger partial charge in [0.2, 0.25) is 5.91 Å².